The lowest BCUT2D eigenvalue weighted by Crippen LogP contribution is -2.52. The van der Waals surface area contributed by atoms with Gasteiger partial charge in [0, 0.05) is 56.6 Å². The number of carbonyl (C=O) groups is 1. The average molecular weight is 486 g/mol. The number of thiocarbonyl (C=S) groups is 1. The number of hydrogen-bond donors (Lipinski definition) is 1. The Kier molecular flexibility index (Phi) is 7.43. The minimum atomic E-state index is -0.337. The minimum Gasteiger partial charge on any atom is -0.497 e. The fourth-order valence-electron chi connectivity index (χ4n) is 4.10. The van der Waals surface area contributed by atoms with Gasteiger partial charge in [0.1, 0.15) is 11.4 Å². The van der Waals surface area contributed by atoms with Gasteiger partial charge in [-0.1, -0.05) is 6.07 Å². The Morgan fingerprint density at radius 2 is 1.79 bits per heavy atom. The number of nitro groups is 1. The number of benzene rings is 2. The fraction of sp³-hybridized carbons (Fsp3) is 0.391. The number of carbonyl (C=O) groups excluding carboxylic acids is 1. The third kappa shape index (κ3) is 5.37. The molecule has 2 aromatic carbocycles. The maximum absolute atomic E-state index is 12.6. The van der Waals surface area contributed by atoms with Gasteiger partial charge in [0.2, 0.25) is 0 Å². The van der Waals surface area contributed by atoms with Crippen LogP contribution in [0.15, 0.2) is 42.5 Å². The molecule has 0 aromatic heterocycles. The Morgan fingerprint density at radius 1 is 1.06 bits per heavy atom. The predicted molar refractivity (Wildman–Crippen MR) is 133 cm³/mol. The number of anilines is 2. The minimum absolute atomic E-state index is 0.103. The van der Waals surface area contributed by atoms with E-state index < -0.39 is 0 Å². The fourth-order valence-corrected chi connectivity index (χ4v) is 4.38. The number of rotatable bonds is 5. The van der Waals surface area contributed by atoms with Gasteiger partial charge < -0.3 is 24.2 Å². The molecular weight excluding hydrogens is 458 g/mol. The standard InChI is InChI=1S/C23H27N5O5S/c1-32-19-4-2-3-17(15-19)22(29)24-23(34)27-9-7-25(8-10-27)18-5-6-20(28(30)31)21(16-18)26-11-13-33-14-12-26/h2-6,15-16H,7-14H2,1H3,(H,24,29,34). The molecule has 0 atom stereocenters. The Hall–Kier alpha value is -3.44. The number of hydrogen-bond acceptors (Lipinski definition) is 8. The molecule has 34 heavy (non-hydrogen) atoms. The summed E-state index contributed by atoms with van der Waals surface area (Å²) in [6.07, 6.45) is 0. The van der Waals surface area contributed by atoms with Crippen molar-refractivity contribution < 1.29 is 19.2 Å². The van der Waals surface area contributed by atoms with Crippen molar-refractivity contribution in [2.24, 2.45) is 0 Å². The van der Waals surface area contributed by atoms with Crippen LogP contribution in [-0.2, 0) is 4.74 Å². The van der Waals surface area contributed by atoms with Crippen LogP contribution in [0.3, 0.4) is 0 Å². The number of nitro benzene ring substituents is 1. The molecule has 2 aromatic rings. The molecule has 0 saturated carbocycles. The number of methoxy groups -OCH3 is 1. The summed E-state index contributed by atoms with van der Waals surface area (Å²) in [7, 11) is 1.55. The van der Waals surface area contributed by atoms with E-state index in [2.05, 4.69) is 10.2 Å². The van der Waals surface area contributed by atoms with Gasteiger partial charge >= 0.3 is 0 Å². The third-order valence-corrected chi connectivity index (χ3v) is 6.35. The Balaban J connectivity index is 1.38. The van der Waals surface area contributed by atoms with Crippen molar-refractivity contribution in [1.82, 2.24) is 10.2 Å². The Bertz CT molecular complexity index is 1070. The zero-order chi connectivity index (χ0) is 24.1. The molecule has 2 fully saturated rings. The molecule has 2 saturated heterocycles. The van der Waals surface area contributed by atoms with Gasteiger partial charge in [-0.15, -0.1) is 0 Å². The number of nitrogens with zero attached hydrogens (tertiary/aromatic N) is 4. The molecule has 11 heteroatoms. The van der Waals surface area contributed by atoms with Crippen LogP contribution in [0, 0.1) is 10.1 Å². The monoisotopic (exact) mass is 485 g/mol. The molecule has 2 aliphatic rings. The van der Waals surface area contributed by atoms with Crippen molar-refractivity contribution in [3.8, 4) is 5.75 Å². The zero-order valence-electron chi connectivity index (χ0n) is 18.9. The van der Waals surface area contributed by atoms with Crippen LogP contribution in [0.1, 0.15) is 10.4 Å². The van der Waals surface area contributed by atoms with Crippen LogP contribution in [-0.4, -0.2) is 80.4 Å². The van der Waals surface area contributed by atoms with Crippen LogP contribution in [0.5, 0.6) is 5.75 Å². The Labute approximate surface area is 203 Å². The van der Waals surface area contributed by atoms with E-state index in [0.29, 0.717) is 74.6 Å². The van der Waals surface area contributed by atoms with E-state index in [0.717, 1.165) is 5.69 Å². The number of piperazine rings is 1. The first-order chi connectivity index (χ1) is 16.5. The molecule has 0 spiro atoms. The molecule has 180 valence electrons. The molecule has 10 nitrogen and oxygen atoms in total. The lowest BCUT2D eigenvalue weighted by molar-refractivity contribution is -0.384. The lowest BCUT2D eigenvalue weighted by Gasteiger charge is -2.37. The van der Waals surface area contributed by atoms with Gasteiger partial charge in [-0.3, -0.25) is 20.2 Å². The molecule has 0 aliphatic carbocycles. The van der Waals surface area contributed by atoms with Crippen LogP contribution in [0.25, 0.3) is 0 Å². The van der Waals surface area contributed by atoms with Crippen LogP contribution >= 0.6 is 12.2 Å². The molecule has 0 radical (unpaired) electrons. The summed E-state index contributed by atoms with van der Waals surface area (Å²) in [4.78, 5) is 29.9. The lowest BCUT2D eigenvalue weighted by atomic mass is 10.1. The highest BCUT2D eigenvalue weighted by atomic mass is 32.1. The van der Waals surface area contributed by atoms with Gasteiger partial charge in [0.15, 0.2) is 5.11 Å². The van der Waals surface area contributed by atoms with Crippen LogP contribution < -0.4 is 19.9 Å². The number of nitrogens with one attached hydrogen (secondary N) is 1. The summed E-state index contributed by atoms with van der Waals surface area (Å²) < 4.78 is 10.6. The van der Waals surface area contributed by atoms with Crippen molar-refractivity contribution >= 4 is 40.3 Å². The molecule has 2 heterocycles. The Morgan fingerprint density at radius 3 is 2.47 bits per heavy atom. The number of ether oxygens (including phenoxy) is 2. The van der Waals surface area contributed by atoms with Gasteiger partial charge in [-0.2, -0.15) is 0 Å². The largest absolute Gasteiger partial charge is 0.497 e. The van der Waals surface area contributed by atoms with E-state index in [-0.39, 0.29) is 16.5 Å². The SMILES string of the molecule is COc1cccc(C(=O)NC(=S)N2CCN(c3ccc([N+](=O)[O-])c(N4CCOCC4)c3)CC2)c1. The first kappa shape index (κ1) is 23.7. The van der Waals surface area contributed by atoms with Crippen molar-refractivity contribution in [1.29, 1.82) is 0 Å². The smallest absolute Gasteiger partial charge is 0.292 e. The summed E-state index contributed by atoms with van der Waals surface area (Å²) in [5.41, 5.74) is 2.12. The van der Waals surface area contributed by atoms with E-state index >= 15 is 0 Å². The van der Waals surface area contributed by atoms with Crippen LogP contribution in [0.2, 0.25) is 0 Å². The number of amides is 1. The highest BCUT2D eigenvalue weighted by Crippen LogP contribution is 2.33. The first-order valence-electron chi connectivity index (χ1n) is 11.1. The van der Waals surface area contributed by atoms with Gasteiger partial charge in [0.25, 0.3) is 11.6 Å². The highest BCUT2D eigenvalue weighted by Gasteiger charge is 2.25. The maximum Gasteiger partial charge on any atom is 0.292 e. The van der Waals surface area contributed by atoms with E-state index in [9.17, 15) is 14.9 Å². The zero-order valence-corrected chi connectivity index (χ0v) is 19.8. The number of morpholine rings is 1. The predicted octanol–water partition coefficient (Wildman–Crippen LogP) is 2.28. The van der Waals surface area contributed by atoms with E-state index in [1.807, 2.05) is 15.9 Å². The first-order valence-corrected chi connectivity index (χ1v) is 11.5. The van der Waals surface area contributed by atoms with Crippen LogP contribution in [0.4, 0.5) is 17.1 Å². The second kappa shape index (κ2) is 10.7. The molecular formula is C23H27N5O5S. The third-order valence-electron chi connectivity index (χ3n) is 5.99. The summed E-state index contributed by atoms with van der Waals surface area (Å²) >= 11 is 5.47. The topological polar surface area (TPSA) is 100 Å². The van der Waals surface area contributed by atoms with Crippen molar-refractivity contribution in [3.05, 3.63) is 58.1 Å². The van der Waals surface area contributed by atoms with Crippen molar-refractivity contribution in [3.63, 3.8) is 0 Å². The highest BCUT2D eigenvalue weighted by molar-refractivity contribution is 7.80. The van der Waals surface area contributed by atoms with Gasteiger partial charge in [-0.05, 0) is 42.5 Å². The van der Waals surface area contributed by atoms with E-state index in [4.69, 9.17) is 21.7 Å². The molecule has 0 unspecified atom stereocenters. The quantitative estimate of drug-likeness (QED) is 0.388. The maximum atomic E-state index is 12.6. The molecule has 1 N–H and O–H groups in total. The summed E-state index contributed by atoms with van der Waals surface area (Å²) in [5.74, 6) is 0.323. The van der Waals surface area contributed by atoms with E-state index in [1.54, 1.807) is 43.5 Å². The summed E-state index contributed by atoms with van der Waals surface area (Å²) in [6.45, 7) is 4.96. The molecule has 0 bridgehead atoms. The normalized spacial score (nSPS) is 16.2. The van der Waals surface area contributed by atoms with Crippen molar-refractivity contribution in [2.45, 2.75) is 0 Å². The molecule has 1 amide bonds. The molecule has 4 rings (SSSR count). The average Bonchev–Trinajstić information content (AvgIpc) is 2.88. The van der Waals surface area contributed by atoms with E-state index in [1.165, 1.54) is 0 Å². The second-order valence-corrected chi connectivity index (χ2v) is 8.38. The summed E-state index contributed by atoms with van der Waals surface area (Å²) in [6, 6.07) is 12.2. The van der Waals surface area contributed by atoms with Crippen molar-refractivity contribution in [2.75, 3.05) is 69.4 Å². The van der Waals surface area contributed by atoms with Gasteiger partial charge in [-0.25, -0.2) is 0 Å². The second-order valence-electron chi connectivity index (χ2n) is 7.99. The molecule has 2 aliphatic heterocycles. The summed E-state index contributed by atoms with van der Waals surface area (Å²) in [5, 5.41) is 14.7. The van der Waals surface area contributed by atoms with Gasteiger partial charge in [0.05, 0.1) is 25.2 Å².